The summed E-state index contributed by atoms with van der Waals surface area (Å²) in [6.07, 6.45) is 1.88. The summed E-state index contributed by atoms with van der Waals surface area (Å²) in [4.78, 5) is 14.5. The van der Waals surface area contributed by atoms with Crippen molar-refractivity contribution in [2.45, 2.75) is 33.6 Å². The molecule has 1 aliphatic rings. The highest BCUT2D eigenvalue weighted by Crippen LogP contribution is 2.39. The molecule has 20 heavy (non-hydrogen) atoms. The Morgan fingerprint density at radius 2 is 1.90 bits per heavy atom. The van der Waals surface area contributed by atoms with Gasteiger partial charge in [-0.25, -0.2) is 0 Å². The van der Waals surface area contributed by atoms with E-state index in [1.807, 2.05) is 37.8 Å². The molecule has 1 heterocycles. The van der Waals surface area contributed by atoms with Crippen LogP contribution in [0.1, 0.15) is 32.8 Å². The van der Waals surface area contributed by atoms with E-state index in [0.717, 1.165) is 36.4 Å². The number of nitrogens with zero attached hydrogens (tertiary/aromatic N) is 1. The minimum atomic E-state index is -0.398. The fourth-order valence-electron chi connectivity index (χ4n) is 2.55. The summed E-state index contributed by atoms with van der Waals surface area (Å²) in [5.74, 6) is 1.65. The minimum absolute atomic E-state index is 0.133. The lowest BCUT2D eigenvalue weighted by Crippen LogP contribution is -2.42. The Bertz CT molecular complexity index is 517. The van der Waals surface area contributed by atoms with Gasteiger partial charge < -0.3 is 14.4 Å². The maximum absolute atomic E-state index is 12.6. The number of benzene rings is 1. The summed E-state index contributed by atoms with van der Waals surface area (Å²) >= 11 is 0. The lowest BCUT2D eigenvalue weighted by Gasteiger charge is -2.35. The first-order valence-electron chi connectivity index (χ1n) is 6.95. The number of carbonyl (C=O) groups is 1. The molecule has 0 saturated carbocycles. The number of methoxy groups -OCH3 is 2. The van der Waals surface area contributed by atoms with E-state index >= 15 is 0 Å². The quantitative estimate of drug-likeness (QED) is 0.834. The fourth-order valence-corrected chi connectivity index (χ4v) is 2.55. The van der Waals surface area contributed by atoms with Crippen molar-refractivity contribution in [3.8, 4) is 11.5 Å². The van der Waals surface area contributed by atoms with Crippen molar-refractivity contribution >= 4 is 11.6 Å². The molecule has 0 N–H and O–H groups in total. The number of hydrogen-bond donors (Lipinski definition) is 0. The van der Waals surface area contributed by atoms with Gasteiger partial charge >= 0.3 is 0 Å². The predicted molar refractivity (Wildman–Crippen MR) is 79.7 cm³/mol. The molecule has 0 aliphatic carbocycles. The number of rotatable bonds is 2. The van der Waals surface area contributed by atoms with Gasteiger partial charge in [-0.3, -0.25) is 4.79 Å². The average molecular weight is 277 g/mol. The topological polar surface area (TPSA) is 38.8 Å². The van der Waals surface area contributed by atoms with Crippen LogP contribution in [0.15, 0.2) is 12.1 Å². The molecule has 0 saturated heterocycles. The molecule has 0 radical (unpaired) electrons. The summed E-state index contributed by atoms with van der Waals surface area (Å²) < 4.78 is 10.8. The zero-order chi connectivity index (χ0) is 14.9. The second-order valence-corrected chi connectivity index (χ2v) is 6.14. The third-order valence-electron chi connectivity index (χ3n) is 3.60. The lowest BCUT2D eigenvalue weighted by molar-refractivity contribution is -0.125. The van der Waals surface area contributed by atoms with Crippen LogP contribution >= 0.6 is 0 Å². The fraction of sp³-hybridized carbons (Fsp3) is 0.562. The van der Waals surface area contributed by atoms with Gasteiger partial charge in [0.1, 0.15) is 11.5 Å². The van der Waals surface area contributed by atoms with Gasteiger partial charge in [-0.2, -0.15) is 0 Å². The number of anilines is 1. The van der Waals surface area contributed by atoms with Crippen LogP contribution in [0.5, 0.6) is 11.5 Å². The Morgan fingerprint density at radius 3 is 2.45 bits per heavy atom. The van der Waals surface area contributed by atoms with E-state index in [0.29, 0.717) is 5.75 Å². The summed E-state index contributed by atoms with van der Waals surface area (Å²) in [6.45, 7) is 6.59. The zero-order valence-electron chi connectivity index (χ0n) is 12.9. The van der Waals surface area contributed by atoms with Crippen LogP contribution in [0.3, 0.4) is 0 Å². The van der Waals surface area contributed by atoms with Crippen molar-refractivity contribution in [2.24, 2.45) is 5.41 Å². The monoisotopic (exact) mass is 277 g/mol. The van der Waals surface area contributed by atoms with Gasteiger partial charge in [0.05, 0.1) is 19.9 Å². The highest BCUT2D eigenvalue weighted by atomic mass is 16.5. The third-order valence-corrected chi connectivity index (χ3v) is 3.60. The Labute approximate surface area is 120 Å². The van der Waals surface area contributed by atoms with Crippen LogP contribution in [-0.2, 0) is 11.2 Å². The molecule has 0 spiro atoms. The number of amides is 1. The van der Waals surface area contributed by atoms with Crippen molar-refractivity contribution in [3.63, 3.8) is 0 Å². The van der Waals surface area contributed by atoms with Crippen molar-refractivity contribution in [1.29, 1.82) is 0 Å². The second-order valence-electron chi connectivity index (χ2n) is 6.14. The summed E-state index contributed by atoms with van der Waals surface area (Å²) in [5.41, 5.74) is 1.62. The van der Waals surface area contributed by atoms with Gasteiger partial charge in [0.2, 0.25) is 5.91 Å². The van der Waals surface area contributed by atoms with Gasteiger partial charge in [0, 0.05) is 29.7 Å². The molecule has 0 aromatic heterocycles. The molecule has 1 aromatic carbocycles. The Balaban J connectivity index is 2.52. The van der Waals surface area contributed by atoms with Crippen molar-refractivity contribution in [1.82, 2.24) is 0 Å². The number of ether oxygens (including phenoxy) is 2. The predicted octanol–water partition coefficient (Wildman–Crippen LogP) is 3.03. The summed E-state index contributed by atoms with van der Waals surface area (Å²) in [7, 11) is 3.28. The molecule has 0 bridgehead atoms. The molecule has 110 valence electrons. The number of carbonyl (C=O) groups excluding carboxylic acids is 1. The molecule has 4 heteroatoms. The van der Waals surface area contributed by atoms with Crippen LogP contribution in [0.4, 0.5) is 5.69 Å². The molecule has 1 amide bonds. The molecular weight excluding hydrogens is 254 g/mol. The van der Waals surface area contributed by atoms with Crippen LogP contribution < -0.4 is 14.4 Å². The zero-order valence-corrected chi connectivity index (χ0v) is 12.9. The SMILES string of the molecule is COc1cc(OC)c2c(c1)N(C(=O)C(C)(C)C)CCC2. The normalized spacial score (nSPS) is 14.8. The van der Waals surface area contributed by atoms with Gasteiger partial charge in [-0.15, -0.1) is 0 Å². The van der Waals surface area contributed by atoms with Crippen LogP contribution in [0, 0.1) is 5.41 Å². The molecule has 1 aromatic rings. The maximum Gasteiger partial charge on any atom is 0.232 e. The Morgan fingerprint density at radius 1 is 1.20 bits per heavy atom. The van der Waals surface area contributed by atoms with E-state index in [2.05, 4.69) is 0 Å². The van der Waals surface area contributed by atoms with E-state index in [1.54, 1.807) is 14.2 Å². The molecule has 4 nitrogen and oxygen atoms in total. The number of fused-ring (bicyclic) bond motifs is 1. The van der Waals surface area contributed by atoms with Crippen LogP contribution in [-0.4, -0.2) is 26.7 Å². The Hall–Kier alpha value is -1.71. The number of hydrogen-bond acceptors (Lipinski definition) is 3. The van der Waals surface area contributed by atoms with E-state index in [1.165, 1.54) is 0 Å². The van der Waals surface area contributed by atoms with E-state index < -0.39 is 5.41 Å². The van der Waals surface area contributed by atoms with Gasteiger partial charge in [-0.05, 0) is 12.8 Å². The molecular formula is C16H23NO3. The largest absolute Gasteiger partial charge is 0.497 e. The smallest absolute Gasteiger partial charge is 0.232 e. The highest BCUT2D eigenvalue weighted by molar-refractivity contribution is 5.98. The summed E-state index contributed by atoms with van der Waals surface area (Å²) in [5, 5.41) is 0. The minimum Gasteiger partial charge on any atom is -0.497 e. The third kappa shape index (κ3) is 2.60. The molecule has 0 fully saturated rings. The second kappa shape index (κ2) is 5.35. The first-order valence-corrected chi connectivity index (χ1v) is 6.95. The van der Waals surface area contributed by atoms with E-state index in [9.17, 15) is 4.79 Å². The van der Waals surface area contributed by atoms with Gasteiger partial charge in [-0.1, -0.05) is 20.8 Å². The summed E-state index contributed by atoms with van der Waals surface area (Å²) in [6, 6.07) is 3.81. The standard InChI is InChI=1S/C16H23NO3/c1-16(2,3)15(18)17-8-6-7-12-13(17)9-11(19-4)10-14(12)20-5/h9-10H,6-8H2,1-5H3. The molecule has 0 atom stereocenters. The maximum atomic E-state index is 12.6. The molecule has 2 rings (SSSR count). The van der Waals surface area contributed by atoms with Gasteiger partial charge in [0.15, 0.2) is 0 Å². The first-order chi connectivity index (χ1) is 9.38. The van der Waals surface area contributed by atoms with Crippen molar-refractivity contribution in [2.75, 3.05) is 25.7 Å². The van der Waals surface area contributed by atoms with Crippen molar-refractivity contribution < 1.29 is 14.3 Å². The average Bonchev–Trinajstić information content (AvgIpc) is 2.43. The van der Waals surface area contributed by atoms with E-state index in [4.69, 9.17) is 9.47 Å². The van der Waals surface area contributed by atoms with Gasteiger partial charge in [0.25, 0.3) is 0 Å². The highest BCUT2D eigenvalue weighted by Gasteiger charge is 2.32. The van der Waals surface area contributed by atoms with E-state index in [-0.39, 0.29) is 5.91 Å². The lowest BCUT2D eigenvalue weighted by atomic mass is 9.91. The van der Waals surface area contributed by atoms with Crippen molar-refractivity contribution in [3.05, 3.63) is 17.7 Å². The first kappa shape index (κ1) is 14.7. The molecule has 1 aliphatic heterocycles. The molecule has 0 unspecified atom stereocenters. The Kier molecular flexibility index (Phi) is 3.93. The van der Waals surface area contributed by atoms with Crippen LogP contribution in [0.25, 0.3) is 0 Å². The van der Waals surface area contributed by atoms with Crippen LogP contribution in [0.2, 0.25) is 0 Å².